The Morgan fingerprint density at radius 2 is 1.87 bits per heavy atom. The highest BCUT2D eigenvalue weighted by Gasteiger charge is 2.48. The third-order valence-corrected chi connectivity index (χ3v) is 6.61. The topological polar surface area (TPSA) is 63.2 Å². The smallest absolute Gasteiger partial charge is 0.274 e. The number of rotatable bonds is 3. The second-order valence-electron chi connectivity index (χ2n) is 5.79. The first-order valence-corrected chi connectivity index (χ1v) is 9.53. The normalized spacial score (nSPS) is 22.8. The Hall–Kier alpha value is -1.09. The maximum Gasteiger partial charge on any atom is 0.392 e. The summed E-state index contributed by atoms with van der Waals surface area (Å²) in [6.07, 6.45) is -3.71. The summed E-state index contributed by atoms with van der Waals surface area (Å²) >= 11 is 1.25. The Labute approximate surface area is 137 Å². The van der Waals surface area contributed by atoms with Crippen molar-refractivity contribution in [3.63, 3.8) is 0 Å². The summed E-state index contributed by atoms with van der Waals surface area (Å²) in [7, 11) is -4.14. The first-order chi connectivity index (χ1) is 10.5. The Morgan fingerprint density at radius 3 is 2.39 bits per heavy atom. The molecule has 0 saturated heterocycles. The number of hydrogen-bond donors (Lipinski definition) is 1. The van der Waals surface area contributed by atoms with Crippen LogP contribution in [-0.4, -0.2) is 20.5 Å². The number of nitrogens with one attached hydrogen (secondary N) is 1. The van der Waals surface area contributed by atoms with E-state index in [9.17, 15) is 26.4 Å². The highest BCUT2D eigenvalue weighted by molar-refractivity contribution is 7.90. The van der Waals surface area contributed by atoms with Gasteiger partial charge in [0.15, 0.2) is 0 Å². The van der Waals surface area contributed by atoms with Crippen molar-refractivity contribution in [2.75, 3.05) is 0 Å². The third kappa shape index (κ3) is 4.06. The van der Waals surface area contributed by atoms with E-state index in [1.165, 1.54) is 17.4 Å². The molecule has 1 aromatic heterocycles. The number of halogens is 3. The van der Waals surface area contributed by atoms with Gasteiger partial charge in [-0.05, 0) is 32.8 Å². The van der Waals surface area contributed by atoms with Crippen molar-refractivity contribution in [1.82, 2.24) is 4.72 Å². The fourth-order valence-corrected chi connectivity index (χ4v) is 5.56. The molecule has 0 unspecified atom stereocenters. The summed E-state index contributed by atoms with van der Waals surface area (Å²) in [5.41, 5.74) is 0. The first kappa shape index (κ1) is 18.3. The lowest BCUT2D eigenvalue weighted by molar-refractivity contribution is -0.197. The summed E-state index contributed by atoms with van der Waals surface area (Å²) in [5, 5.41) is 0. The number of aryl methyl sites for hydroxylation is 2. The van der Waals surface area contributed by atoms with Crippen molar-refractivity contribution < 1.29 is 26.4 Å². The number of amides is 1. The van der Waals surface area contributed by atoms with Gasteiger partial charge in [-0.2, -0.15) is 13.2 Å². The zero-order chi connectivity index (χ0) is 17.4. The van der Waals surface area contributed by atoms with Crippen LogP contribution in [0.5, 0.6) is 0 Å². The molecule has 1 saturated carbocycles. The molecule has 1 fully saturated rings. The highest BCUT2D eigenvalue weighted by atomic mass is 32.2. The molecular weight excluding hydrogens is 351 g/mol. The lowest BCUT2D eigenvalue weighted by Crippen LogP contribution is -2.44. The van der Waals surface area contributed by atoms with Crippen LogP contribution in [-0.2, 0) is 14.8 Å². The molecule has 1 aromatic rings. The monoisotopic (exact) mass is 369 g/mol. The first-order valence-electron chi connectivity index (χ1n) is 7.23. The molecule has 1 aliphatic carbocycles. The average Bonchev–Trinajstić information content (AvgIpc) is 2.77. The van der Waals surface area contributed by atoms with Crippen LogP contribution in [0, 0.1) is 25.7 Å². The predicted molar refractivity (Wildman–Crippen MR) is 80.6 cm³/mol. The van der Waals surface area contributed by atoms with Gasteiger partial charge in [-0.25, -0.2) is 13.1 Å². The quantitative estimate of drug-likeness (QED) is 0.886. The van der Waals surface area contributed by atoms with Gasteiger partial charge in [0.1, 0.15) is 4.90 Å². The summed E-state index contributed by atoms with van der Waals surface area (Å²) in [4.78, 5) is 13.4. The zero-order valence-corrected chi connectivity index (χ0v) is 14.4. The van der Waals surface area contributed by atoms with Crippen LogP contribution in [0.25, 0.3) is 0 Å². The molecule has 1 N–H and O–H groups in total. The molecule has 4 nitrogen and oxygen atoms in total. The van der Waals surface area contributed by atoms with E-state index in [2.05, 4.69) is 0 Å². The molecule has 1 amide bonds. The molecule has 0 aromatic carbocycles. The minimum atomic E-state index is -4.50. The average molecular weight is 369 g/mol. The van der Waals surface area contributed by atoms with E-state index in [4.69, 9.17) is 0 Å². The summed E-state index contributed by atoms with van der Waals surface area (Å²) in [6, 6.07) is 1.41. The van der Waals surface area contributed by atoms with E-state index in [0.717, 1.165) is 4.88 Å². The molecule has 1 heterocycles. The van der Waals surface area contributed by atoms with Crippen LogP contribution in [0.3, 0.4) is 0 Å². The molecule has 9 heteroatoms. The fourth-order valence-electron chi connectivity index (χ4n) is 2.97. The number of hydrogen-bond acceptors (Lipinski definition) is 4. The number of alkyl halides is 3. The van der Waals surface area contributed by atoms with Gasteiger partial charge in [-0.15, -0.1) is 11.3 Å². The molecule has 0 radical (unpaired) electrons. The van der Waals surface area contributed by atoms with Gasteiger partial charge in [0.2, 0.25) is 5.91 Å². The largest absolute Gasteiger partial charge is 0.392 e. The Bertz CT molecular complexity index is 695. The molecule has 130 valence electrons. The van der Waals surface area contributed by atoms with Crippen molar-refractivity contribution in [2.24, 2.45) is 11.8 Å². The SMILES string of the molecule is Cc1cc(S(=O)(=O)NC(=O)[C@@H]2CCCC[C@H]2C(F)(F)F)c(C)s1. The van der Waals surface area contributed by atoms with Gasteiger partial charge in [0, 0.05) is 9.75 Å². The van der Waals surface area contributed by atoms with Crippen molar-refractivity contribution in [3.05, 3.63) is 15.8 Å². The van der Waals surface area contributed by atoms with Gasteiger partial charge >= 0.3 is 6.18 Å². The van der Waals surface area contributed by atoms with Crippen LogP contribution in [0.4, 0.5) is 13.2 Å². The van der Waals surface area contributed by atoms with E-state index >= 15 is 0 Å². The molecule has 2 atom stereocenters. The summed E-state index contributed by atoms with van der Waals surface area (Å²) in [6.45, 7) is 3.31. The standard InChI is InChI=1S/C14H18F3NO3S2/c1-8-7-12(9(2)22-8)23(20,21)18-13(19)10-5-3-4-6-11(10)14(15,16)17/h7,10-11H,3-6H2,1-2H3,(H,18,19)/t10-,11-/m1/s1. The van der Waals surface area contributed by atoms with Crippen LogP contribution in [0.2, 0.25) is 0 Å². The van der Waals surface area contributed by atoms with Gasteiger partial charge in [-0.1, -0.05) is 12.8 Å². The second kappa shape index (κ2) is 6.43. The molecule has 0 aliphatic heterocycles. The van der Waals surface area contributed by atoms with Crippen LogP contribution in [0.1, 0.15) is 35.4 Å². The Kier molecular flexibility index (Phi) is 5.10. The lowest BCUT2D eigenvalue weighted by atomic mass is 9.78. The van der Waals surface area contributed by atoms with Crippen LogP contribution in [0.15, 0.2) is 11.0 Å². The van der Waals surface area contributed by atoms with Gasteiger partial charge in [-0.3, -0.25) is 4.79 Å². The van der Waals surface area contributed by atoms with Crippen LogP contribution >= 0.6 is 11.3 Å². The Morgan fingerprint density at radius 1 is 1.26 bits per heavy atom. The predicted octanol–water partition coefficient (Wildman–Crippen LogP) is 3.54. The second-order valence-corrected chi connectivity index (χ2v) is 8.90. The maximum absolute atomic E-state index is 13.0. The molecule has 1 aliphatic rings. The minimum Gasteiger partial charge on any atom is -0.274 e. The lowest BCUT2D eigenvalue weighted by Gasteiger charge is -2.31. The van der Waals surface area contributed by atoms with Crippen molar-refractivity contribution in [2.45, 2.75) is 50.6 Å². The summed E-state index contributed by atoms with van der Waals surface area (Å²) < 4.78 is 65.5. The number of carbonyl (C=O) groups excluding carboxylic acids is 1. The van der Waals surface area contributed by atoms with E-state index < -0.39 is 33.9 Å². The molecule has 2 rings (SSSR count). The molecule has 0 bridgehead atoms. The third-order valence-electron chi connectivity index (χ3n) is 4.04. The van der Waals surface area contributed by atoms with E-state index in [1.54, 1.807) is 13.8 Å². The molecule has 23 heavy (non-hydrogen) atoms. The van der Waals surface area contributed by atoms with E-state index in [0.29, 0.717) is 17.7 Å². The van der Waals surface area contributed by atoms with Gasteiger partial charge in [0.25, 0.3) is 10.0 Å². The summed E-state index contributed by atoms with van der Waals surface area (Å²) in [5.74, 6) is -4.19. The van der Waals surface area contributed by atoms with E-state index in [-0.39, 0.29) is 17.7 Å². The zero-order valence-electron chi connectivity index (χ0n) is 12.7. The number of thiophene rings is 1. The highest BCUT2D eigenvalue weighted by Crippen LogP contribution is 2.41. The van der Waals surface area contributed by atoms with Crippen molar-refractivity contribution in [3.8, 4) is 0 Å². The van der Waals surface area contributed by atoms with Crippen LogP contribution < -0.4 is 4.72 Å². The van der Waals surface area contributed by atoms with Crippen molar-refractivity contribution in [1.29, 1.82) is 0 Å². The van der Waals surface area contributed by atoms with Gasteiger partial charge < -0.3 is 0 Å². The van der Waals surface area contributed by atoms with E-state index in [1.807, 2.05) is 4.72 Å². The van der Waals surface area contributed by atoms with Crippen molar-refractivity contribution >= 4 is 27.3 Å². The maximum atomic E-state index is 13.0. The number of sulfonamides is 1. The minimum absolute atomic E-state index is 0.0484. The number of carbonyl (C=O) groups is 1. The van der Waals surface area contributed by atoms with Gasteiger partial charge in [0.05, 0.1) is 11.8 Å². The Balaban J connectivity index is 2.21. The molecule has 0 spiro atoms. The fraction of sp³-hybridized carbons (Fsp3) is 0.643. The molecular formula is C14H18F3NO3S2.